The Morgan fingerprint density at radius 2 is 1.80 bits per heavy atom. The lowest BCUT2D eigenvalue weighted by molar-refractivity contribution is 0.0271. The lowest BCUT2D eigenvalue weighted by atomic mass is 9.88. The number of hydrogen-bond acceptors (Lipinski definition) is 1. The van der Waals surface area contributed by atoms with Gasteiger partial charge in [-0.3, -0.25) is 0 Å². The normalized spacial score (nSPS) is 14.9. The van der Waals surface area contributed by atoms with Gasteiger partial charge in [0.25, 0.3) is 0 Å². The van der Waals surface area contributed by atoms with Crippen molar-refractivity contribution in [1.29, 1.82) is 0 Å². The van der Waals surface area contributed by atoms with Crippen molar-refractivity contribution in [2.24, 2.45) is 0 Å². The fourth-order valence-corrected chi connectivity index (χ4v) is 1.84. The molecule has 2 heteroatoms. The van der Waals surface area contributed by atoms with Crippen LogP contribution in [0.1, 0.15) is 38.7 Å². The van der Waals surface area contributed by atoms with Crippen molar-refractivity contribution in [3.05, 3.63) is 35.6 Å². The third-order valence-corrected chi connectivity index (χ3v) is 2.82. The Bertz CT molecular complexity index is 294. The van der Waals surface area contributed by atoms with E-state index in [-0.39, 0.29) is 5.82 Å². The van der Waals surface area contributed by atoms with Gasteiger partial charge in [-0.2, -0.15) is 0 Å². The molecule has 1 N–H and O–H groups in total. The quantitative estimate of drug-likeness (QED) is 0.790. The van der Waals surface area contributed by atoms with Crippen LogP contribution in [-0.4, -0.2) is 10.7 Å². The summed E-state index contributed by atoms with van der Waals surface area (Å²) in [5, 5.41) is 10.2. The van der Waals surface area contributed by atoms with E-state index in [0.29, 0.717) is 6.42 Å². The molecule has 0 fully saturated rings. The molecule has 0 saturated heterocycles. The smallest absolute Gasteiger partial charge is 0.123 e. The van der Waals surface area contributed by atoms with Gasteiger partial charge in [0, 0.05) is 6.42 Å². The number of halogens is 1. The summed E-state index contributed by atoms with van der Waals surface area (Å²) in [6, 6.07) is 6.37. The summed E-state index contributed by atoms with van der Waals surface area (Å²) < 4.78 is 12.7. The summed E-state index contributed by atoms with van der Waals surface area (Å²) in [6.45, 7) is 4.05. The maximum absolute atomic E-state index is 12.7. The Hall–Kier alpha value is -0.890. The van der Waals surface area contributed by atoms with Crippen LogP contribution in [0.3, 0.4) is 0 Å². The zero-order chi connectivity index (χ0) is 11.3. The molecule has 0 bridgehead atoms. The Morgan fingerprint density at radius 1 is 1.20 bits per heavy atom. The van der Waals surface area contributed by atoms with Gasteiger partial charge >= 0.3 is 0 Å². The van der Waals surface area contributed by atoms with Crippen molar-refractivity contribution >= 4 is 0 Å². The largest absolute Gasteiger partial charge is 0.390 e. The third kappa shape index (κ3) is 3.63. The highest BCUT2D eigenvalue weighted by atomic mass is 19.1. The van der Waals surface area contributed by atoms with Gasteiger partial charge in [0.1, 0.15) is 5.82 Å². The second-order valence-corrected chi connectivity index (χ2v) is 4.13. The summed E-state index contributed by atoms with van der Waals surface area (Å²) in [4.78, 5) is 0. The predicted molar refractivity (Wildman–Crippen MR) is 60.3 cm³/mol. The molecular formula is C13H19FO. The van der Waals surface area contributed by atoms with Gasteiger partial charge in [-0.05, 0) is 30.5 Å². The summed E-state index contributed by atoms with van der Waals surface area (Å²) >= 11 is 0. The Balaban J connectivity index is 2.70. The Morgan fingerprint density at radius 3 is 2.27 bits per heavy atom. The van der Waals surface area contributed by atoms with E-state index in [1.165, 1.54) is 12.1 Å². The van der Waals surface area contributed by atoms with E-state index in [9.17, 15) is 9.50 Å². The van der Waals surface area contributed by atoms with Gasteiger partial charge in [-0.1, -0.05) is 32.4 Å². The maximum atomic E-state index is 12.7. The monoisotopic (exact) mass is 210 g/mol. The molecule has 84 valence electrons. The summed E-state index contributed by atoms with van der Waals surface area (Å²) in [6.07, 6.45) is 3.10. The van der Waals surface area contributed by atoms with Crippen molar-refractivity contribution < 1.29 is 9.50 Å². The minimum atomic E-state index is -0.632. The van der Waals surface area contributed by atoms with Crippen LogP contribution in [0.5, 0.6) is 0 Å². The zero-order valence-corrected chi connectivity index (χ0v) is 9.46. The lowest BCUT2D eigenvalue weighted by Gasteiger charge is -2.26. The van der Waals surface area contributed by atoms with E-state index in [1.54, 1.807) is 12.1 Å². The maximum Gasteiger partial charge on any atom is 0.123 e. The number of benzene rings is 1. The highest BCUT2D eigenvalue weighted by molar-refractivity contribution is 5.18. The summed E-state index contributed by atoms with van der Waals surface area (Å²) in [7, 11) is 0. The molecule has 0 radical (unpaired) electrons. The first kappa shape index (κ1) is 12.2. The van der Waals surface area contributed by atoms with Gasteiger partial charge in [0.05, 0.1) is 5.60 Å². The van der Waals surface area contributed by atoms with Gasteiger partial charge in [-0.15, -0.1) is 0 Å². The molecule has 1 unspecified atom stereocenters. The van der Waals surface area contributed by atoms with E-state index >= 15 is 0 Å². The van der Waals surface area contributed by atoms with Crippen LogP contribution in [0.4, 0.5) is 4.39 Å². The molecule has 1 rings (SSSR count). The topological polar surface area (TPSA) is 20.2 Å². The first-order valence-electron chi connectivity index (χ1n) is 5.56. The van der Waals surface area contributed by atoms with Crippen LogP contribution in [0.25, 0.3) is 0 Å². The molecule has 0 spiro atoms. The second kappa shape index (κ2) is 5.26. The van der Waals surface area contributed by atoms with E-state index in [1.807, 2.05) is 6.92 Å². The summed E-state index contributed by atoms with van der Waals surface area (Å²) in [5.74, 6) is -0.228. The molecule has 0 aliphatic carbocycles. The van der Waals surface area contributed by atoms with Crippen molar-refractivity contribution in [2.45, 2.75) is 45.1 Å². The second-order valence-electron chi connectivity index (χ2n) is 4.13. The minimum absolute atomic E-state index is 0.228. The minimum Gasteiger partial charge on any atom is -0.390 e. The molecule has 0 aromatic heterocycles. The number of aliphatic hydroxyl groups is 1. The molecule has 1 aromatic carbocycles. The standard InChI is InChI=1S/C13H19FO/c1-3-9-13(15,4-2)10-11-5-7-12(14)8-6-11/h5-8,15H,3-4,9-10H2,1-2H3. The molecular weight excluding hydrogens is 191 g/mol. The Kier molecular flexibility index (Phi) is 4.28. The van der Waals surface area contributed by atoms with Crippen molar-refractivity contribution in [1.82, 2.24) is 0 Å². The Labute approximate surface area is 90.9 Å². The van der Waals surface area contributed by atoms with Gasteiger partial charge in [-0.25, -0.2) is 4.39 Å². The van der Waals surface area contributed by atoms with Crippen LogP contribution in [0.2, 0.25) is 0 Å². The molecule has 0 aliphatic heterocycles. The van der Waals surface area contributed by atoms with Crippen LogP contribution < -0.4 is 0 Å². The first-order valence-corrected chi connectivity index (χ1v) is 5.56. The first-order chi connectivity index (χ1) is 7.09. The van der Waals surface area contributed by atoms with Crippen LogP contribution in [-0.2, 0) is 6.42 Å². The van der Waals surface area contributed by atoms with Gasteiger partial charge in [0.2, 0.25) is 0 Å². The average molecular weight is 210 g/mol. The molecule has 1 nitrogen and oxygen atoms in total. The molecule has 0 saturated carbocycles. The highest BCUT2D eigenvalue weighted by Crippen LogP contribution is 2.22. The van der Waals surface area contributed by atoms with Crippen molar-refractivity contribution in [3.8, 4) is 0 Å². The van der Waals surface area contributed by atoms with Crippen molar-refractivity contribution in [2.75, 3.05) is 0 Å². The fourth-order valence-electron chi connectivity index (χ4n) is 1.84. The van der Waals surface area contributed by atoms with Crippen LogP contribution in [0.15, 0.2) is 24.3 Å². The van der Waals surface area contributed by atoms with E-state index in [4.69, 9.17) is 0 Å². The van der Waals surface area contributed by atoms with E-state index < -0.39 is 5.60 Å². The highest BCUT2D eigenvalue weighted by Gasteiger charge is 2.23. The number of hydrogen-bond donors (Lipinski definition) is 1. The van der Waals surface area contributed by atoms with Crippen molar-refractivity contribution in [3.63, 3.8) is 0 Å². The van der Waals surface area contributed by atoms with Gasteiger partial charge < -0.3 is 5.11 Å². The average Bonchev–Trinajstić information content (AvgIpc) is 2.22. The van der Waals surface area contributed by atoms with Crippen LogP contribution in [0, 0.1) is 5.82 Å². The van der Waals surface area contributed by atoms with Gasteiger partial charge in [0.15, 0.2) is 0 Å². The molecule has 1 atom stereocenters. The molecule has 0 amide bonds. The van der Waals surface area contributed by atoms with E-state index in [0.717, 1.165) is 24.8 Å². The number of rotatable bonds is 5. The van der Waals surface area contributed by atoms with E-state index in [2.05, 4.69) is 6.92 Å². The SMILES string of the molecule is CCCC(O)(CC)Cc1ccc(F)cc1. The molecule has 0 aliphatic rings. The zero-order valence-electron chi connectivity index (χ0n) is 9.46. The lowest BCUT2D eigenvalue weighted by Crippen LogP contribution is -2.30. The fraction of sp³-hybridized carbons (Fsp3) is 0.538. The molecule has 15 heavy (non-hydrogen) atoms. The predicted octanol–water partition coefficient (Wildman–Crippen LogP) is 3.31. The third-order valence-electron chi connectivity index (χ3n) is 2.82. The molecule has 1 aromatic rings. The van der Waals surface area contributed by atoms with Crippen LogP contribution >= 0.6 is 0 Å². The summed E-state index contributed by atoms with van der Waals surface area (Å²) in [5.41, 5.74) is 0.362. The molecule has 0 heterocycles.